The third-order valence-electron chi connectivity index (χ3n) is 3.43. The Bertz CT molecular complexity index is 442. The molecule has 0 spiro atoms. The van der Waals surface area contributed by atoms with E-state index in [9.17, 15) is 10.1 Å². The number of hydrogen-bond acceptors (Lipinski definition) is 4. The van der Waals surface area contributed by atoms with Crippen LogP contribution in [0.1, 0.15) is 31.2 Å². The Hall–Kier alpha value is -1.62. The maximum atomic E-state index is 10.9. The summed E-state index contributed by atoms with van der Waals surface area (Å²) in [7, 11) is 0. The van der Waals surface area contributed by atoms with Crippen molar-refractivity contribution in [3.8, 4) is 5.75 Å². The number of rotatable bonds is 6. The van der Waals surface area contributed by atoms with Gasteiger partial charge in [0, 0.05) is 12.1 Å². The Morgan fingerprint density at radius 3 is 3.05 bits per heavy atom. The van der Waals surface area contributed by atoms with E-state index in [1.165, 1.54) is 12.8 Å². The lowest BCUT2D eigenvalue weighted by Gasteiger charge is -2.11. The number of aryl methyl sites for hydroxylation is 1. The van der Waals surface area contributed by atoms with Gasteiger partial charge in [-0.25, -0.2) is 0 Å². The summed E-state index contributed by atoms with van der Waals surface area (Å²) >= 11 is 0. The van der Waals surface area contributed by atoms with Gasteiger partial charge in [0.1, 0.15) is 0 Å². The van der Waals surface area contributed by atoms with Crippen molar-refractivity contribution < 1.29 is 9.66 Å². The lowest BCUT2D eigenvalue weighted by Crippen LogP contribution is -2.21. The predicted molar refractivity (Wildman–Crippen MR) is 73.6 cm³/mol. The first-order valence-corrected chi connectivity index (χ1v) is 6.78. The molecular weight excluding hydrogens is 244 g/mol. The van der Waals surface area contributed by atoms with Gasteiger partial charge in [0.25, 0.3) is 0 Å². The van der Waals surface area contributed by atoms with Crippen molar-refractivity contribution in [3.63, 3.8) is 0 Å². The van der Waals surface area contributed by atoms with E-state index in [1.54, 1.807) is 12.1 Å². The summed E-state index contributed by atoms with van der Waals surface area (Å²) < 4.78 is 5.54. The molecule has 19 heavy (non-hydrogen) atoms. The van der Waals surface area contributed by atoms with Crippen LogP contribution < -0.4 is 10.1 Å². The topological polar surface area (TPSA) is 64.4 Å². The van der Waals surface area contributed by atoms with Crippen LogP contribution in [0.25, 0.3) is 0 Å². The molecule has 0 amide bonds. The molecule has 1 aromatic rings. The molecular formula is C14H20N2O3. The van der Waals surface area contributed by atoms with Gasteiger partial charge in [-0.2, -0.15) is 0 Å². The molecule has 1 fully saturated rings. The number of nitro groups is 1. The average Bonchev–Trinajstić information content (AvgIpc) is 2.89. The molecule has 5 nitrogen and oxygen atoms in total. The molecule has 0 bridgehead atoms. The smallest absolute Gasteiger partial charge is 0.311 e. The van der Waals surface area contributed by atoms with Crippen LogP contribution in [-0.2, 0) is 0 Å². The molecule has 1 N–H and O–H groups in total. The second kappa shape index (κ2) is 6.52. The van der Waals surface area contributed by atoms with Crippen molar-refractivity contribution in [2.45, 2.75) is 38.6 Å². The molecule has 1 aliphatic rings. The molecule has 2 rings (SSSR count). The number of ether oxygens (including phenoxy) is 1. The second-order valence-corrected chi connectivity index (χ2v) is 5.01. The summed E-state index contributed by atoms with van der Waals surface area (Å²) in [6.07, 6.45) is 4.46. The highest BCUT2D eigenvalue weighted by atomic mass is 16.6. The van der Waals surface area contributed by atoms with Crippen molar-refractivity contribution in [2.24, 2.45) is 0 Å². The first kappa shape index (κ1) is 13.8. The van der Waals surface area contributed by atoms with Crippen LogP contribution in [0.4, 0.5) is 5.69 Å². The van der Waals surface area contributed by atoms with Gasteiger partial charge in [0.15, 0.2) is 5.75 Å². The molecule has 0 radical (unpaired) electrons. The Balaban J connectivity index is 1.83. The van der Waals surface area contributed by atoms with E-state index >= 15 is 0 Å². The number of nitrogens with zero attached hydrogens (tertiary/aromatic N) is 1. The zero-order valence-corrected chi connectivity index (χ0v) is 11.2. The van der Waals surface area contributed by atoms with E-state index in [4.69, 9.17) is 4.74 Å². The second-order valence-electron chi connectivity index (χ2n) is 5.01. The lowest BCUT2D eigenvalue weighted by molar-refractivity contribution is -0.385. The minimum atomic E-state index is -0.388. The van der Waals surface area contributed by atoms with Gasteiger partial charge in [0.05, 0.1) is 11.5 Å². The molecule has 0 aromatic heterocycles. The van der Waals surface area contributed by atoms with Gasteiger partial charge in [-0.3, -0.25) is 10.1 Å². The van der Waals surface area contributed by atoms with Gasteiger partial charge in [-0.05, 0) is 50.8 Å². The summed E-state index contributed by atoms with van der Waals surface area (Å²) in [4.78, 5) is 10.5. The Morgan fingerprint density at radius 2 is 2.37 bits per heavy atom. The van der Waals surface area contributed by atoms with Crippen LogP contribution in [0.5, 0.6) is 5.75 Å². The molecule has 1 heterocycles. The minimum Gasteiger partial charge on any atom is -0.487 e. The van der Waals surface area contributed by atoms with Crippen LogP contribution in [0.15, 0.2) is 18.2 Å². The molecule has 0 saturated carbocycles. The fraction of sp³-hybridized carbons (Fsp3) is 0.571. The summed E-state index contributed by atoms with van der Waals surface area (Å²) in [5.74, 6) is 0.370. The Kier molecular flexibility index (Phi) is 4.74. The van der Waals surface area contributed by atoms with Gasteiger partial charge in [-0.15, -0.1) is 0 Å². The fourth-order valence-electron chi connectivity index (χ4n) is 2.41. The van der Waals surface area contributed by atoms with E-state index in [-0.39, 0.29) is 10.6 Å². The van der Waals surface area contributed by atoms with Crippen LogP contribution in [0.3, 0.4) is 0 Å². The van der Waals surface area contributed by atoms with Crippen molar-refractivity contribution in [2.75, 3.05) is 13.2 Å². The normalized spacial score (nSPS) is 18.5. The summed E-state index contributed by atoms with van der Waals surface area (Å²) in [6, 6.07) is 5.66. The van der Waals surface area contributed by atoms with Gasteiger partial charge < -0.3 is 10.1 Å². The van der Waals surface area contributed by atoms with Gasteiger partial charge in [0.2, 0.25) is 0 Å². The van der Waals surface area contributed by atoms with E-state index in [0.29, 0.717) is 18.4 Å². The number of nitro benzene ring substituents is 1. The maximum absolute atomic E-state index is 10.9. The highest BCUT2D eigenvalue weighted by molar-refractivity contribution is 5.48. The van der Waals surface area contributed by atoms with Crippen molar-refractivity contribution in [1.82, 2.24) is 5.32 Å². The summed E-state index contributed by atoms with van der Waals surface area (Å²) in [5, 5.41) is 14.4. The standard InChI is InChI=1S/C14H20N2O3/c1-11-6-7-14(13(10-11)16(17)18)19-9-3-5-12-4-2-8-15-12/h6-7,10,12,15H,2-5,8-9H2,1H3. The van der Waals surface area contributed by atoms with Crippen LogP contribution in [-0.4, -0.2) is 24.1 Å². The molecule has 0 aliphatic carbocycles. The van der Waals surface area contributed by atoms with Gasteiger partial charge >= 0.3 is 5.69 Å². The SMILES string of the molecule is Cc1ccc(OCCCC2CCCN2)c([N+](=O)[O-])c1. The Morgan fingerprint density at radius 1 is 1.53 bits per heavy atom. The third-order valence-corrected chi connectivity index (χ3v) is 3.43. The minimum absolute atomic E-state index is 0.0546. The van der Waals surface area contributed by atoms with E-state index in [2.05, 4.69) is 5.32 Å². The van der Waals surface area contributed by atoms with Crippen molar-refractivity contribution in [3.05, 3.63) is 33.9 Å². The number of benzene rings is 1. The summed E-state index contributed by atoms with van der Waals surface area (Å²) in [5.41, 5.74) is 0.924. The fourth-order valence-corrected chi connectivity index (χ4v) is 2.41. The van der Waals surface area contributed by atoms with E-state index in [0.717, 1.165) is 24.9 Å². The monoisotopic (exact) mass is 264 g/mol. The van der Waals surface area contributed by atoms with Gasteiger partial charge in [-0.1, -0.05) is 6.07 Å². The third kappa shape index (κ3) is 3.92. The lowest BCUT2D eigenvalue weighted by atomic mass is 10.1. The predicted octanol–water partition coefficient (Wildman–Crippen LogP) is 2.81. The zero-order chi connectivity index (χ0) is 13.7. The molecule has 104 valence electrons. The number of hydrogen-bond donors (Lipinski definition) is 1. The quantitative estimate of drug-likeness (QED) is 0.487. The van der Waals surface area contributed by atoms with Crippen LogP contribution in [0.2, 0.25) is 0 Å². The van der Waals surface area contributed by atoms with Crippen LogP contribution >= 0.6 is 0 Å². The molecule has 1 atom stereocenters. The molecule has 1 aromatic carbocycles. The maximum Gasteiger partial charge on any atom is 0.311 e. The summed E-state index contributed by atoms with van der Waals surface area (Å²) in [6.45, 7) is 3.47. The van der Waals surface area contributed by atoms with Crippen molar-refractivity contribution in [1.29, 1.82) is 0 Å². The first-order chi connectivity index (χ1) is 9.16. The van der Waals surface area contributed by atoms with Crippen molar-refractivity contribution >= 4 is 5.69 Å². The Labute approximate surface area is 113 Å². The van der Waals surface area contributed by atoms with E-state index < -0.39 is 0 Å². The largest absolute Gasteiger partial charge is 0.487 e. The molecule has 1 saturated heterocycles. The molecule has 1 unspecified atom stereocenters. The highest BCUT2D eigenvalue weighted by Gasteiger charge is 2.16. The zero-order valence-electron chi connectivity index (χ0n) is 11.2. The average molecular weight is 264 g/mol. The van der Waals surface area contributed by atoms with Crippen LogP contribution in [0, 0.1) is 17.0 Å². The van der Waals surface area contributed by atoms with E-state index in [1.807, 2.05) is 13.0 Å². The molecule has 1 aliphatic heterocycles. The highest BCUT2D eigenvalue weighted by Crippen LogP contribution is 2.27. The number of nitrogens with one attached hydrogen (secondary N) is 1. The molecule has 5 heteroatoms. The first-order valence-electron chi connectivity index (χ1n) is 6.78.